The maximum atomic E-state index is 3.87. The summed E-state index contributed by atoms with van der Waals surface area (Å²) >= 11 is 0. The summed E-state index contributed by atoms with van der Waals surface area (Å²) in [7, 11) is 3.69. The van der Waals surface area contributed by atoms with Gasteiger partial charge < -0.3 is 0 Å². The largest absolute Gasteiger partial charge is 0.256 e. The molecule has 0 amide bonds. The van der Waals surface area contributed by atoms with Crippen LogP contribution >= 0.6 is 0 Å². The quantitative estimate of drug-likeness (QED) is 0.569. The molecular formula is C7H12N6. The third-order valence-electron chi connectivity index (χ3n) is 1.47. The minimum atomic E-state index is 0.944. The maximum absolute atomic E-state index is 3.87. The van der Waals surface area contributed by atoms with Crippen molar-refractivity contribution in [3.63, 3.8) is 0 Å². The molecule has 0 saturated heterocycles. The van der Waals surface area contributed by atoms with Gasteiger partial charge in [-0.1, -0.05) is 0 Å². The first-order chi connectivity index (χ1) is 6.20. The summed E-state index contributed by atoms with van der Waals surface area (Å²) in [5.41, 5.74) is 0. The van der Waals surface area contributed by atoms with Gasteiger partial charge in [-0.3, -0.25) is 9.36 Å². The van der Waals surface area contributed by atoms with Crippen LogP contribution in [0.25, 0.3) is 0 Å². The van der Waals surface area contributed by atoms with E-state index in [0.29, 0.717) is 0 Å². The summed E-state index contributed by atoms with van der Waals surface area (Å²) in [6.07, 6.45) is 4.68. The molecule has 0 N–H and O–H groups in total. The van der Waals surface area contributed by atoms with Crippen LogP contribution in [0.1, 0.15) is 5.82 Å². The van der Waals surface area contributed by atoms with Crippen molar-refractivity contribution in [2.24, 2.45) is 14.1 Å². The Labute approximate surface area is 76.2 Å². The fraction of sp³-hybridized carbons (Fsp3) is 0.429. The number of aryl methyl sites for hydroxylation is 3. The standard InChI is InChI=1S/C4H7N3.C3H5N3/c1-4-5-3-6-7(4)2;1-6-3-4-2-5-6/h3H,1-2H3;2-3H,1H3. The molecule has 0 aromatic carbocycles. The summed E-state index contributed by atoms with van der Waals surface area (Å²) in [5, 5.41) is 7.54. The van der Waals surface area contributed by atoms with Crippen LogP contribution in [-0.2, 0) is 14.1 Å². The number of hydrogen-bond acceptors (Lipinski definition) is 4. The van der Waals surface area contributed by atoms with E-state index in [1.807, 2.05) is 21.0 Å². The minimum absolute atomic E-state index is 0.944. The van der Waals surface area contributed by atoms with Crippen LogP contribution in [0, 0.1) is 6.92 Å². The van der Waals surface area contributed by atoms with Crippen LogP contribution < -0.4 is 0 Å². The second-order valence-corrected chi connectivity index (χ2v) is 2.50. The first-order valence-electron chi connectivity index (χ1n) is 3.79. The van der Waals surface area contributed by atoms with Gasteiger partial charge in [0.1, 0.15) is 24.8 Å². The van der Waals surface area contributed by atoms with E-state index in [4.69, 9.17) is 0 Å². The average molecular weight is 180 g/mol. The van der Waals surface area contributed by atoms with Gasteiger partial charge in [0.2, 0.25) is 0 Å². The van der Waals surface area contributed by atoms with E-state index in [0.717, 1.165) is 5.82 Å². The molecule has 0 spiro atoms. The van der Waals surface area contributed by atoms with E-state index in [1.165, 1.54) is 12.7 Å². The molecule has 0 aliphatic rings. The Bertz CT molecular complexity index is 319. The van der Waals surface area contributed by atoms with Crippen LogP contribution in [0.5, 0.6) is 0 Å². The Hall–Kier alpha value is -1.72. The highest BCUT2D eigenvalue weighted by molar-refractivity contribution is 4.75. The maximum Gasteiger partial charge on any atom is 0.138 e. The van der Waals surface area contributed by atoms with Gasteiger partial charge in [0.15, 0.2) is 0 Å². The normalized spacial score (nSPS) is 9.15. The second kappa shape index (κ2) is 4.34. The number of rotatable bonds is 0. The molecule has 6 heteroatoms. The zero-order valence-corrected chi connectivity index (χ0v) is 7.92. The van der Waals surface area contributed by atoms with E-state index in [9.17, 15) is 0 Å². The Morgan fingerprint density at radius 2 is 1.92 bits per heavy atom. The molecule has 0 atom stereocenters. The van der Waals surface area contributed by atoms with Crippen molar-refractivity contribution in [3.8, 4) is 0 Å². The third kappa shape index (κ3) is 3.02. The lowest BCUT2D eigenvalue weighted by Crippen LogP contribution is -1.91. The van der Waals surface area contributed by atoms with Gasteiger partial charge >= 0.3 is 0 Å². The molecule has 0 saturated carbocycles. The summed E-state index contributed by atoms with van der Waals surface area (Å²) in [6.45, 7) is 1.91. The number of aromatic nitrogens is 6. The Balaban J connectivity index is 0.000000132. The smallest absolute Gasteiger partial charge is 0.138 e. The van der Waals surface area contributed by atoms with Crippen molar-refractivity contribution >= 4 is 0 Å². The fourth-order valence-corrected chi connectivity index (χ4v) is 0.621. The molecule has 0 fully saturated rings. The van der Waals surface area contributed by atoms with Crippen molar-refractivity contribution in [2.45, 2.75) is 6.92 Å². The lowest BCUT2D eigenvalue weighted by atomic mass is 10.7. The van der Waals surface area contributed by atoms with E-state index in [2.05, 4.69) is 20.2 Å². The van der Waals surface area contributed by atoms with Crippen molar-refractivity contribution in [3.05, 3.63) is 24.8 Å². The molecule has 2 rings (SSSR count). The summed E-state index contributed by atoms with van der Waals surface area (Å²) in [5.74, 6) is 0.944. The van der Waals surface area contributed by atoms with Crippen LogP contribution in [0.15, 0.2) is 19.0 Å². The van der Waals surface area contributed by atoms with Gasteiger partial charge in [0.05, 0.1) is 0 Å². The van der Waals surface area contributed by atoms with Crippen LogP contribution in [0.4, 0.5) is 0 Å². The topological polar surface area (TPSA) is 61.4 Å². The fourth-order valence-electron chi connectivity index (χ4n) is 0.621. The predicted octanol–water partition coefficient (Wildman–Crippen LogP) is -0.0614. The SMILES string of the molecule is Cc1ncnn1C.Cn1cncn1. The van der Waals surface area contributed by atoms with Crippen molar-refractivity contribution in [1.29, 1.82) is 0 Å². The zero-order chi connectivity index (χ0) is 9.68. The van der Waals surface area contributed by atoms with Crippen LogP contribution in [0.2, 0.25) is 0 Å². The van der Waals surface area contributed by atoms with Crippen molar-refractivity contribution in [1.82, 2.24) is 29.5 Å². The molecule has 13 heavy (non-hydrogen) atoms. The molecule has 0 unspecified atom stereocenters. The molecular weight excluding hydrogens is 168 g/mol. The summed E-state index contributed by atoms with van der Waals surface area (Å²) in [4.78, 5) is 7.54. The molecule has 0 aliphatic heterocycles. The van der Waals surface area contributed by atoms with Crippen LogP contribution in [-0.4, -0.2) is 29.5 Å². The van der Waals surface area contributed by atoms with Gasteiger partial charge in [0.25, 0.3) is 0 Å². The van der Waals surface area contributed by atoms with E-state index in [1.54, 1.807) is 15.7 Å². The molecule has 2 heterocycles. The highest BCUT2D eigenvalue weighted by atomic mass is 15.3. The molecule has 2 aromatic heterocycles. The van der Waals surface area contributed by atoms with Crippen LogP contribution in [0.3, 0.4) is 0 Å². The molecule has 70 valence electrons. The van der Waals surface area contributed by atoms with E-state index < -0.39 is 0 Å². The van der Waals surface area contributed by atoms with E-state index >= 15 is 0 Å². The molecule has 6 nitrogen and oxygen atoms in total. The lowest BCUT2D eigenvalue weighted by molar-refractivity contribution is 0.734. The average Bonchev–Trinajstić information content (AvgIpc) is 2.67. The number of nitrogens with zero attached hydrogens (tertiary/aromatic N) is 6. The summed E-state index contributed by atoms with van der Waals surface area (Å²) in [6, 6.07) is 0. The van der Waals surface area contributed by atoms with Crippen molar-refractivity contribution < 1.29 is 0 Å². The van der Waals surface area contributed by atoms with E-state index in [-0.39, 0.29) is 0 Å². The second-order valence-electron chi connectivity index (χ2n) is 2.50. The highest BCUT2D eigenvalue weighted by Gasteiger charge is 1.85. The van der Waals surface area contributed by atoms with Gasteiger partial charge in [-0.05, 0) is 6.92 Å². The highest BCUT2D eigenvalue weighted by Crippen LogP contribution is 1.81. The third-order valence-corrected chi connectivity index (χ3v) is 1.47. The van der Waals surface area contributed by atoms with Crippen molar-refractivity contribution in [2.75, 3.05) is 0 Å². The summed E-state index contributed by atoms with van der Waals surface area (Å²) < 4.78 is 3.36. The molecule has 0 aliphatic carbocycles. The Morgan fingerprint density at radius 1 is 1.15 bits per heavy atom. The molecule has 0 bridgehead atoms. The first-order valence-corrected chi connectivity index (χ1v) is 3.79. The number of hydrogen-bond donors (Lipinski definition) is 0. The first kappa shape index (κ1) is 9.37. The Kier molecular flexibility index (Phi) is 3.13. The zero-order valence-electron chi connectivity index (χ0n) is 7.92. The molecule has 2 aromatic rings. The Morgan fingerprint density at radius 3 is 2.08 bits per heavy atom. The minimum Gasteiger partial charge on any atom is -0.256 e. The van der Waals surface area contributed by atoms with Gasteiger partial charge in [-0.15, -0.1) is 0 Å². The van der Waals surface area contributed by atoms with Gasteiger partial charge in [-0.2, -0.15) is 10.2 Å². The monoisotopic (exact) mass is 180 g/mol. The van der Waals surface area contributed by atoms with Gasteiger partial charge in [-0.25, -0.2) is 9.97 Å². The van der Waals surface area contributed by atoms with Gasteiger partial charge in [0, 0.05) is 14.1 Å². The predicted molar refractivity (Wildman–Crippen MR) is 46.7 cm³/mol. The molecule has 0 radical (unpaired) electrons. The lowest BCUT2D eigenvalue weighted by Gasteiger charge is -1.84.